The number of aliphatic hydroxyl groups excluding tert-OH is 1. The first-order chi connectivity index (χ1) is 10.6. The zero-order chi connectivity index (χ0) is 17.6. The fourth-order valence-corrected chi connectivity index (χ4v) is 2.00. The summed E-state index contributed by atoms with van der Waals surface area (Å²) in [5, 5.41) is 12.5. The summed E-state index contributed by atoms with van der Waals surface area (Å²) in [5.74, 6) is -0.697. The summed E-state index contributed by atoms with van der Waals surface area (Å²) in [6.45, 7) is 7.30. The van der Waals surface area contributed by atoms with Crippen molar-refractivity contribution in [1.82, 2.24) is 5.32 Å². The molecule has 0 aromatic heterocycles. The average Bonchev–Trinajstić information content (AvgIpc) is 2.44. The van der Waals surface area contributed by atoms with Gasteiger partial charge < -0.3 is 19.9 Å². The Hall–Kier alpha value is -2.08. The summed E-state index contributed by atoms with van der Waals surface area (Å²) in [6, 6.07) is 6.82. The molecule has 0 fully saturated rings. The van der Waals surface area contributed by atoms with Crippen LogP contribution in [0, 0.1) is 0 Å². The predicted octanol–water partition coefficient (Wildman–Crippen LogP) is 2.35. The molecule has 1 amide bonds. The molecule has 0 heterocycles. The minimum absolute atomic E-state index is 0.110. The van der Waals surface area contributed by atoms with E-state index in [1.165, 1.54) is 7.11 Å². The molecule has 0 spiro atoms. The molecule has 2 unspecified atom stereocenters. The maximum Gasteiger partial charge on any atom is 0.407 e. The van der Waals surface area contributed by atoms with Gasteiger partial charge in [-0.25, -0.2) is 9.59 Å². The summed E-state index contributed by atoms with van der Waals surface area (Å²) in [6.07, 6.45) is -1.14. The lowest BCUT2D eigenvalue weighted by atomic mass is 10.0. The van der Waals surface area contributed by atoms with Crippen molar-refractivity contribution >= 4 is 12.1 Å². The highest BCUT2D eigenvalue weighted by atomic mass is 16.6. The summed E-state index contributed by atoms with van der Waals surface area (Å²) >= 11 is 0. The fraction of sp³-hybridized carbons (Fsp3) is 0.529. The number of methoxy groups -OCH3 is 1. The van der Waals surface area contributed by atoms with Crippen LogP contribution in [-0.4, -0.2) is 35.9 Å². The highest BCUT2D eigenvalue weighted by Gasteiger charge is 2.19. The van der Waals surface area contributed by atoms with Crippen LogP contribution in [0.2, 0.25) is 0 Å². The molecule has 0 aliphatic heterocycles. The van der Waals surface area contributed by atoms with E-state index in [9.17, 15) is 14.7 Å². The number of amides is 1. The molecule has 1 aromatic carbocycles. The maximum absolute atomic E-state index is 11.7. The third-order valence-electron chi connectivity index (χ3n) is 3.02. The van der Waals surface area contributed by atoms with E-state index >= 15 is 0 Å². The summed E-state index contributed by atoms with van der Waals surface area (Å²) in [4.78, 5) is 23.0. The van der Waals surface area contributed by atoms with Gasteiger partial charge in [0.2, 0.25) is 0 Å². The van der Waals surface area contributed by atoms with E-state index in [1.807, 2.05) is 27.7 Å². The molecule has 1 rings (SSSR count). The molecule has 23 heavy (non-hydrogen) atoms. The third-order valence-corrected chi connectivity index (χ3v) is 3.02. The molecule has 0 radical (unpaired) electrons. The second kappa shape index (κ2) is 7.97. The standard InChI is InChI=1S/C17H25NO5/c1-11(18-16(21)23-17(2,3)4)10-12-6-8-13(9-7-12)14(19)15(20)22-5/h6-9,11,14,19H,10H2,1-5H3,(H,18,21). The van der Waals surface area contributed by atoms with Crippen molar-refractivity contribution in [2.24, 2.45) is 0 Å². The van der Waals surface area contributed by atoms with Crippen molar-refractivity contribution in [2.45, 2.75) is 51.9 Å². The van der Waals surface area contributed by atoms with Gasteiger partial charge in [0.15, 0.2) is 6.10 Å². The second-order valence-electron chi connectivity index (χ2n) is 6.42. The zero-order valence-corrected chi connectivity index (χ0v) is 14.3. The molecule has 128 valence electrons. The van der Waals surface area contributed by atoms with E-state index in [0.717, 1.165) is 5.56 Å². The molecular formula is C17H25NO5. The van der Waals surface area contributed by atoms with Gasteiger partial charge in [0, 0.05) is 6.04 Å². The highest BCUT2D eigenvalue weighted by Crippen LogP contribution is 2.16. The van der Waals surface area contributed by atoms with Gasteiger partial charge in [0.1, 0.15) is 5.60 Å². The highest BCUT2D eigenvalue weighted by molar-refractivity contribution is 5.76. The van der Waals surface area contributed by atoms with Crippen LogP contribution in [0.25, 0.3) is 0 Å². The van der Waals surface area contributed by atoms with Gasteiger partial charge in [0.05, 0.1) is 7.11 Å². The summed E-state index contributed by atoms with van der Waals surface area (Å²) < 4.78 is 9.70. The number of aliphatic hydroxyl groups is 1. The van der Waals surface area contributed by atoms with Crippen molar-refractivity contribution in [3.8, 4) is 0 Å². The molecule has 1 aromatic rings. The molecule has 6 nitrogen and oxygen atoms in total. The van der Waals surface area contributed by atoms with Crippen molar-refractivity contribution < 1.29 is 24.2 Å². The van der Waals surface area contributed by atoms with Gasteiger partial charge in [-0.2, -0.15) is 0 Å². The first kappa shape index (κ1) is 19.0. The molecule has 2 N–H and O–H groups in total. The molecule has 2 atom stereocenters. The number of carbonyl (C=O) groups excluding carboxylic acids is 2. The maximum atomic E-state index is 11.7. The molecule has 0 saturated heterocycles. The van der Waals surface area contributed by atoms with Crippen LogP contribution >= 0.6 is 0 Å². The van der Waals surface area contributed by atoms with Crippen LogP contribution in [-0.2, 0) is 20.7 Å². The van der Waals surface area contributed by atoms with Gasteiger partial charge in [-0.1, -0.05) is 24.3 Å². The van der Waals surface area contributed by atoms with Gasteiger partial charge in [0.25, 0.3) is 0 Å². The Bertz CT molecular complexity index is 533. The number of nitrogens with one attached hydrogen (secondary N) is 1. The van der Waals surface area contributed by atoms with Crippen molar-refractivity contribution in [1.29, 1.82) is 0 Å². The zero-order valence-electron chi connectivity index (χ0n) is 14.3. The second-order valence-corrected chi connectivity index (χ2v) is 6.42. The van der Waals surface area contributed by atoms with Gasteiger partial charge in [-0.05, 0) is 45.2 Å². The van der Waals surface area contributed by atoms with E-state index in [1.54, 1.807) is 24.3 Å². The Balaban J connectivity index is 2.58. The van der Waals surface area contributed by atoms with Crippen LogP contribution in [0.3, 0.4) is 0 Å². The van der Waals surface area contributed by atoms with Crippen LogP contribution in [0.15, 0.2) is 24.3 Å². The molecule has 0 saturated carbocycles. The number of hydrogen-bond donors (Lipinski definition) is 2. The quantitative estimate of drug-likeness (QED) is 0.813. The average molecular weight is 323 g/mol. The number of benzene rings is 1. The topological polar surface area (TPSA) is 84.9 Å². The Morgan fingerprint density at radius 2 is 1.78 bits per heavy atom. The SMILES string of the molecule is COC(=O)C(O)c1ccc(CC(C)NC(=O)OC(C)(C)C)cc1. The van der Waals surface area contributed by atoms with E-state index in [4.69, 9.17) is 4.74 Å². The largest absolute Gasteiger partial charge is 0.467 e. The minimum Gasteiger partial charge on any atom is -0.467 e. The molecule has 0 bridgehead atoms. The number of esters is 1. The molecular weight excluding hydrogens is 298 g/mol. The van der Waals surface area contributed by atoms with Gasteiger partial charge >= 0.3 is 12.1 Å². The van der Waals surface area contributed by atoms with Crippen LogP contribution in [0.1, 0.15) is 44.9 Å². The molecule has 0 aliphatic rings. The lowest BCUT2D eigenvalue weighted by Crippen LogP contribution is -2.38. The fourth-order valence-electron chi connectivity index (χ4n) is 2.00. The first-order valence-electron chi connectivity index (χ1n) is 7.46. The third kappa shape index (κ3) is 6.69. The molecule has 6 heteroatoms. The Morgan fingerprint density at radius 1 is 1.22 bits per heavy atom. The number of ether oxygens (including phenoxy) is 2. The normalized spacial score (nSPS) is 13.8. The van der Waals surface area contributed by atoms with E-state index in [2.05, 4.69) is 10.1 Å². The Labute approximate surface area is 136 Å². The number of alkyl carbamates (subject to hydrolysis) is 1. The summed E-state index contributed by atoms with van der Waals surface area (Å²) in [5.41, 5.74) is 0.901. The van der Waals surface area contributed by atoms with E-state index < -0.39 is 23.8 Å². The molecule has 0 aliphatic carbocycles. The van der Waals surface area contributed by atoms with E-state index in [-0.39, 0.29) is 6.04 Å². The smallest absolute Gasteiger partial charge is 0.407 e. The predicted molar refractivity (Wildman–Crippen MR) is 86.0 cm³/mol. The van der Waals surface area contributed by atoms with Crippen molar-refractivity contribution in [3.05, 3.63) is 35.4 Å². The lowest BCUT2D eigenvalue weighted by Gasteiger charge is -2.22. The Morgan fingerprint density at radius 3 is 2.26 bits per heavy atom. The number of rotatable bonds is 5. The van der Waals surface area contributed by atoms with E-state index in [0.29, 0.717) is 12.0 Å². The monoisotopic (exact) mass is 323 g/mol. The lowest BCUT2D eigenvalue weighted by molar-refractivity contribution is -0.150. The van der Waals surface area contributed by atoms with Gasteiger partial charge in [-0.15, -0.1) is 0 Å². The van der Waals surface area contributed by atoms with Crippen molar-refractivity contribution in [3.63, 3.8) is 0 Å². The number of hydrogen-bond acceptors (Lipinski definition) is 5. The number of carbonyl (C=O) groups is 2. The van der Waals surface area contributed by atoms with Crippen molar-refractivity contribution in [2.75, 3.05) is 7.11 Å². The van der Waals surface area contributed by atoms with Gasteiger partial charge in [-0.3, -0.25) is 0 Å². The first-order valence-corrected chi connectivity index (χ1v) is 7.46. The summed E-state index contributed by atoms with van der Waals surface area (Å²) in [7, 11) is 1.23. The van der Waals surface area contributed by atoms with Crippen LogP contribution < -0.4 is 5.32 Å². The minimum atomic E-state index is -1.29. The Kier molecular flexibility index (Phi) is 6.57. The van der Waals surface area contributed by atoms with Crippen LogP contribution in [0.4, 0.5) is 4.79 Å². The van der Waals surface area contributed by atoms with Crippen LogP contribution in [0.5, 0.6) is 0 Å².